The second kappa shape index (κ2) is 32.1. The van der Waals surface area contributed by atoms with Gasteiger partial charge in [-0.25, -0.2) is 0 Å². The van der Waals surface area contributed by atoms with E-state index in [1.807, 2.05) is 19.1 Å². The number of nitrogens with zero attached hydrogens (tertiary/aromatic N) is 3. The molecule has 0 N–H and O–H groups in total. The van der Waals surface area contributed by atoms with Gasteiger partial charge in [0.2, 0.25) is 0 Å². The van der Waals surface area contributed by atoms with E-state index in [-0.39, 0.29) is 0 Å². The fourth-order valence-electron chi connectivity index (χ4n) is 5.64. The van der Waals surface area contributed by atoms with Crippen LogP contribution < -0.4 is 0 Å². The summed E-state index contributed by atoms with van der Waals surface area (Å²) in [5.74, 6) is 2.85. The Morgan fingerprint density at radius 2 is 1.06 bits per heavy atom. The van der Waals surface area contributed by atoms with Crippen molar-refractivity contribution < 1.29 is 23.7 Å². The summed E-state index contributed by atoms with van der Waals surface area (Å²) in [6.07, 6.45) is 16.6. The highest BCUT2D eigenvalue weighted by atomic mass is 16.5. The maximum atomic E-state index is 5.25. The minimum absolute atomic E-state index is 0.911. The number of pyridine rings is 1. The summed E-state index contributed by atoms with van der Waals surface area (Å²) in [4.78, 5) is 8.56. The molecule has 276 valence electrons. The van der Waals surface area contributed by atoms with Crippen molar-refractivity contribution in [2.24, 2.45) is 17.8 Å². The number of hydrogen-bond acceptors (Lipinski definition) is 8. The minimum atomic E-state index is 0.911. The van der Waals surface area contributed by atoms with Gasteiger partial charge in [-0.2, -0.15) is 0 Å². The van der Waals surface area contributed by atoms with Gasteiger partial charge in [-0.1, -0.05) is 47.0 Å². The van der Waals surface area contributed by atoms with E-state index in [1.165, 1.54) is 76.3 Å². The predicted octanol–water partition coefficient (Wildman–Crippen LogP) is 7.54. The Labute approximate surface area is 290 Å². The number of rotatable bonds is 5. The van der Waals surface area contributed by atoms with Gasteiger partial charge in [0.1, 0.15) is 0 Å². The third kappa shape index (κ3) is 27.4. The Morgan fingerprint density at radius 1 is 0.617 bits per heavy atom. The molecule has 6 heterocycles. The summed E-state index contributed by atoms with van der Waals surface area (Å²) in [5.41, 5.74) is 1.26. The van der Waals surface area contributed by atoms with Crippen molar-refractivity contribution in [2.75, 3.05) is 106 Å². The number of hydrogen-bond donors (Lipinski definition) is 0. The molecule has 0 bridgehead atoms. The van der Waals surface area contributed by atoms with Crippen molar-refractivity contribution >= 4 is 0 Å². The van der Waals surface area contributed by atoms with Gasteiger partial charge in [0.25, 0.3) is 0 Å². The van der Waals surface area contributed by atoms with Crippen LogP contribution in [0, 0.1) is 24.7 Å². The minimum Gasteiger partial charge on any atom is -0.381 e. The summed E-state index contributed by atoms with van der Waals surface area (Å²) in [6, 6.07) is 3.94. The zero-order valence-corrected chi connectivity index (χ0v) is 31.6. The van der Waals surface area contributed by atoms with Crippen LogP contribution in [0.4, 0.5) is 0 Å². The summed E-state index contributed by atoms with van der Waals surface area (Å²) >= 11 is 0. The van der Waals surface area contributed by atoms with Crippen LogP contribution in [0.25, 0.3) is 0 Å². The number of ether oxygens (including phenoxy) is 5. The van der Waals surface area contributed by atoms with Crippen molar-refractivity contribution in [3.8, 4) is 0 Å². The molecular weight excluding hydrogens is 590 g/mol. The van der Waals surface area contributed by atoms with Crippen LogP contribution in [0.15, 0.2) is 24.5 Å². The van der Waals surface area contributed by atoms with Gasteiger partial charge in [0.05, 0.1) is 26.4 Å². The van der Waals surface area contributed by atoms with E-state index in [9.17, 15) is 0 Å². The molecule has 8 heteroatoms. The number of aryl methyl sites for hydroxylation is 1. The van der Waals surface area contributed by atoms with Crippen molar-refractivity contribution in [1.29, 1.82) is 0 Å². The largest absolute Gasteiger partial charge is 0.381 e. The first-order valence-corrected chi connectivity index (χ1v) is 19.1. The molecule has 0 unspecified atom stereocenters. The van der Waals surface area contributed by atoms with E-state index in [2.05, 4.69) is 49.5 Å². The van der Waals surface area contributed by atoms with Crippen LogP contribution >= 0.6 is 0 Å². The van der Waals surface area contributed by atoms with Gasteiger partial charge in [-0.15, -0.1) is 0 Å². The summed E-state index contributed by atoms with van der Waals surface area (Å²) in [5, 5.41) is 0. The Hall–Kier alpha value is -1.13. The molecule has 0 atom stereocenters. The van der Waals surface area contributed by atoms with Crippen LogP contribution in [0.1, 0.15) is 97.5 Å². The van der Waals surface area contributed by atoms with E-state index >= 15 is 0 Å². The van der Waals surface area contributed by atoms with Gasteiger partial charge >= 0.3 is 0 Å². The lowest BCUT2D eigenvalue weighted by atomic mass is 9.95. The third-order valence-corrected chi connectivity index (χ3v) is 9.19. The molecule has 5 fully saturated rings. The summed E-state index contributed by atoms with van der Waals surface area (Å²) in [6.45, 7) is 26.4. The fraction of sp³-hybridized carbons (Fsp3) is 0.872. The van der Waals surface area contributed by atoms with Crippen LogP contribution in [-0.2, 0) is 23.7 Å². The Balaban J connectivity index is 0.000000283. The first-order valence-electron chi connectivity index (χ1n) is 19.1. The van der Waals surface area contributed by atoms with Gasteiger partial charge < -0.3 is 28.6 Å². The lowest BCUT2D eigenvalue weighted by molar-refractivity contribution is 0.0380. The quantitative estimate of drug-likeness (QED) is 0.320. The van der Waals surface area contributed by atoms with Gasteiger partial charge in [0.15, 0.2) is 0 Å². The van der Waals surface area contributed by atoms with Gasteiger partial charge in [-0.05, 0) is 101 Å². The Kier molecular flexibility index (Phi) is 30.0. The molecule has 0 amide bonds. The zero-order chi connectivity index (χ0) is 34.2. The fourth-order valence-corrected chi connectivity index (χ4v) is 5.64. The molecule has 0 radical (unpaired) electrons. The first kappa shape index (κ1) is 43.9. The SMILES string of the molecule is CC1CCOCC1.CCC1CCOCC1.CCCC1CCOCC1.CCCN1CCOCC1.CN1CCOCC1.Cc1ccncc1. The molecule has 5 aliphatic heterocycles. The van der Waals surface area contributed by atoms with Crippen LogP contribution in [0.5, 0.6) is 0 Å². The van der Waals surface area contributed by atoms with Gasteiger partial charge in [-0.3, -0.25) is 9.88 Å². The van der Waals surface area contributed by atoms with E-state index in [0.29, 0.717) is 0 Å². The molecule has 6 rings (SSSR count). The van der Waals surface area contributed by atoms with Crippen molar-refractivity contribution in [3.05, 3.63) is 30.1 Å². The van der Waals surface area contributed by atoms with Crippen molar-refractivity contribution in [2.45, 2.75) is 98.8 Å². The van der Waals surface area contributed by atoms with E-state index in [4.69, 9.17) is 23.7 Å². The molecule has 1 aromatic heterocycles. The Morgan fingerprint density at radius 3 is 1.38 bits per heavy atom. The van der Waals surface area contributed by atoms with Gasteiger partial charge in [0, 0.05) is 78.2 Å². The molecule has 5 aliphatic rings. The van der Waals surface area contributed by atoms with Crippen LogP contribution in [0.2, 0.25) is 0 Å². The average Bonchev–Trinajstić information content (AvgIpc) is 3.12. The molecule has 8 nitrogen and oxygen atoms in total. The van der Waals surface area contributed by atoms with E-state index in [1.54, 1.807) is 12.4 Å². The molecule has 0 spiro atoms. The van der Waals surface area contributed by atoms with Crippen molar-refractivity contribution in [3.63, 3.8) is 0 Å². The maximum Gasteiger partial charge on any atom is 0.0594 e. The second-order valence-corrected chi connectivity index (χ2v) is 13.5. The molecule has 0 aromatic carbocycles. The van der Waals surface area contributed by atoms with Crippen LogP contribution in [-0.4, -0.2) is 121 Å². The normalized spacial score (nSPS) is 21.4. The first-order chi connectivity index (χ1) is 23.0. The molecule has 47 heavy (non-hydrogen) atoms. The summed E-state index contributed by atoms with van der Waals surface area (Å²) in [7, 11) is 2.11. The number of likely N-dealkylation sites (N-methyl/N-ethyl adjacent to an activating group) is 1. The van der Waals surface area contributed by atoms with Crippen LogP contribution in [0.3, 0.4) is 0 Å². The lowest BCUT2D eigenvalue weighted by Crippen LogP contribution is -2.36. The smallest absolute Gasteiger partial charge is 0.0594 e. The lowest BCUT2D eigenvalue weighted by Gasteiger charge is -2.25. The highest BCUT2D eigenvalue weighted by Crippen LogP contribution is 2.19. The summed E-state index contributed by atoms with van der Waals surface area (Å²) < 4.78 is 25.9. The molecule has 1 aromatic rings. The highest BCUT2D eigenvalue weighted by Gasteiger charge is 2.12. The molecule has 0 saturated carbocycles. The van der Waals surface area contributed by atoms with E-state index < -0.39 is 0 Å². The van der Waals surface area contributed by atoms with E-state index in [0.717, 1.165) is 110 Å². The third-order valence-electron chi connectivity index (χ3n) is 9.19. The number of aromatic nitrogens is 1. The average molecular weight is 666 g/mol. The molecule has 0 aliphatic carbocycles. The molecular formula is C39H75N3O5. The Bertz CT molecular complexity index is 703. The highest BCUT2D eigenvalue weighted by molar-refractivity contribution is 5.05. The molecule has 5 saturated heterocycles. The topological polar surface area (TPSA) is 65.5 Å². The number of morpholine rings is 2. The maximum absolute atomic E-state index is 5.25. The second-order valence-electron chi connectivity index (χ2n) is 13.5. The standard InChI is InChI=1S/C8H16O.C7H15NO.C7H14O.C6H7N.C6H12O.C5H11NO/c2*1-2-3-8-4-6-9-7-5-8;1-2-7-3-5-8-6-4-7;3*1-6-2-4-7-5-3-6/h8H,2-7H2,1H3;2-7H2,1H3;7H,2-6H2,1H3;2-5H,1H3;6H,2-5H2,1H3;2-5H2,1H3. The zero-order valence-electron chi connectivity index (χ0n) is 31.6. The van der Waals surface area contributed by atoms with Crippen molar-refractivity contribution in [1.82, 2.24) is 14.8 Å². The monoisotopic (exact) mass is 666 g/mol. The predicted molar refractivity (Wildman–Crippen MR) is 196 cm³/mol.